The van der Waals surface area contributed by atoms with E-state index in [0.29, 0.717) is 6.54 Å². The average Bonchev–Trinajstić information content (AvgIpc) is 2.42. The number of carbonyl (C=O) groups excluding carboxylic acids is 1. The normalized spacial score (nSPS) is 12.3. The second-order valence-electron chi connectivity index (χ2n) is 4.44. The third-order valence-corrected chi connectivity index (χ3v) is 2.90. The molecule has 0 heterocycles. The fraction of sp³-hybridized carbons (Fsp3) is 0.333. The van der Waals surface area contributed by atoms with Crippen molar-refractivity contribution in [2.45, 2.75) is 26.8 Å². The smallest absolute Gasteiger partial charge is 0.328 e. The summed E-state index contributed by atoms with van der Waals surface area (Å²) in [7, 11) is 0. The van der Waals surface area contributed by atoms with Gasteiger partial charge in [-0.15, -0.1) is 0 Å². The van der Waals surface area contributed by atoms with Crippen LogP contribution >= 0.6 is 0 Å². The highest BCUT2D eigenvalue weighted by molar-refractivity contribution is 5.85. The van der Waals surface area contributed by atoms with Crippen LogP contribution in [-0.4, -0.2) is 17.0 Å². The van der Waals surface area contributed by atoms with Gasteiger partial charge in [-0.3, -0.25) is 4.79 Å². The molecule has 0 aliphatic heterocycles. The zero-order chi connectivity index (χ0) is 14.3. The summed E-state index contributed by atoms with van der Waals surface area (Å²) in [6.07, 6.45) is 3.44. The van der Waals surface area contributed by atoms with Crippen molar-refractivity contribution in [3.63, 3.8) is 0 Å². The van der Waals surface area contributed by atoms with Crippen LogP contribution in [0.4, 0.5) is 0 Å². The molecule has 1 unspecified atom stereocenters. The van der Waals surface area contributed by atoms with Crippen molar-refractivity contribution in [1.29, 1.82) is 0 Å². The van der Waals surface area contributed by atoms with Crippen molar-refractivity contribution in [2.75, 3.05) is 0 Å². The van der Waals surface area contributed by atoms with Gasteiger partial charge in [0.2, 0.25) is 5.91 Å². The number of hydrogen-bond acceptors (Lipinski definition) is 2. The van der Waals surface area contributed by atoms with Crippen LogP contribution in [0, 0.1) is 5.92 Å². The average molecular weight is 261 g/mol. The molecule has 4 nitrogen and oxygen atoms in total. The lowest BCUT2D eigenvalue weighted by Gasteiger charge is -2.10. The van der Waals surface area contributed by atoms with E-state index in [1.54, 1.807) is 0 Å². The van der Waals surface area contributed by atoms with Crippen LogP contribution in [0.3, 0.4) is 0 Å². The van der Waals surface area contributed by atoms with E-state index in [1.165, 1.54) is 6.08 Å². The third kappa shape index (κ3) is 5.38. The van der Waals surface area contributed by atoms with Crippen molar-refractivity contribution in [3.8, 4) is 0 Å². The van der Waals surface area contributed by atoms with E-state index in [2.05, 4.69) is 5.32 Å². The first-order chi connectivity index (χ1) is 9.02. The van der Waals surface area contributed by atoms with Crippen LogP contribution in [0.25, 0.3) is 6.08 Å². The van der Waals surface area contributed by atoms with E-state index < -0.39 is 5.97 Å². The number of nitrogens with one attached hydrogen (secondary N) is 1. The molecule has 0 spiro atoms. The van der Waals surface area contributed by atoms with E-state index in [0.717, 1.165) is 23.6 Å². The molecule has 102 valence electrons. The number of carboxylic acids is 1. The molecule has 0 aromatic heterocycles. The van der Waals surface area contributed by atoms with Gasteiger partial charge in [0.1, 0.15) is 0 Å². The molecule has 0 saturated heterocycles. The molecule has 0 bridgehead atoms. The number of rotatable bonds is 6. The zero-order valence-corrected chi connectivity index (χ0v) is 11.2. The molecule has 19 heavy (non-hydrogen) atoms. The van der Waals surface area contributed by atoms with Gasteiger partial charge in [-0.25, -0.2) is 4.79 Å². The van der Waals surface area contributed by atoms with Crippen molar-refractivity contribution in [1.82, 2.24) is 5.32 Å². The van der Waals surface area contributed by atoms with Gasteiger partial charge in [-0.2, -0.15) is 0 Å². The van der Waals surface area contributed by atoms with Crippen LogP contribution in [0.15, 0.2) is 30.3 Å². The molecule has 0 aliphatic rings. The summed E-state index contributed by atoms with van der Waals surface area (Å²) in [5.41, 5.74) is 1.75. The summed E-state index contributed by atoms with van der Waals surface area (Å²) >= 11 is 0. The number of amides is 1. The Balaban J connectivity index is 2.62. The van der Waals surface area contributed by atoms with Gasteiger partial charge in [0.25, 0.3) is 0 Å². The largest absolute Gasteiger partial charge is 0.478 e. The van der Waals surface area contributed by atoms with E-state index >= 15 is 0 Å². The molecule has 1 aromatic rings. The first kappa shape index (κ1) is 15.0. The highest BCUT2D eigenvalue weighted by Gasteiger charge is 2.09. The van der Waals surface area contributed by atoms with Gasteiger partial charge >= 0.3 is 5.97 Å². The Bertz CT molecular complexity index is 480. The summed E-state index contributed by atoms with van der Waals surface area (Å²) in [6.45, 7) is 4.32. The molecular weight excluding hydrogens is 242 g/mol. The van der Waals surface area contributed by atoms with Crippen LogP contribution in [-0.2, 0) is 16.1 Å². The first-order valence-electron chi connectivity index (χ1n) is 6.30. The van der Waals surface area contributed by atoms with Gasteiger partial charge in [0, 0.05) is 18.5 Å². The van der Waals surface area contributed by atoms with Gasteiger partial charge in [0.15, 0.2) is 0 Å². The van der Waals surface area contributed by atoms with Gasteiger partial charge < -0.3 is 10.4 Å². The van der Waals surface area contributed by atoms with Crippen LogP contribution in [0.1, 0.15) is 31.4 Å². The number of hydrogen-bond donors (Lipinski definition) is 2. The number of aliphatic carboxylic acids is 1. The Morgan fingerprint density at radius 2 is 2.16 bits per heavy atom. The van der Waals surface area contributed by atoms with E-state index in [1.807, 2.05) is 38.1 Å². The SMILES string of the molecule is CCC(C)C(=O)NCc1cccc(C=CC(=O)O)c1. The maximum absolute atomic E-state index is 11.6. The Morgan fingerprint density at radius 3 is 2.79 bits per heavy atom. The molecule has 1 rings (SSSR count). The highest BCUT2D eigenvalue weighted by Crippen LogP contribution is 2.08. The zero-order valence-electron chi connectivity index (χ0n) is 11.2. The lowest BCUT2D eigenvalue weighted by molar-refractivity contribution is -0.131. The minimum absolute atomic E-state index is 0.00934. The summed E-state index contributed by atoms with van der Waals surface area (Å²) in [6, 6.07) is 7.41. The molecule has 0 radical (unpaired) electrons. The lowest BCUT2D eigenvalue weighted by atomic mass is 10.1. The lowest BCUT2D eigenvalue weighted by Crippen LogP contribution is -2.28. The number of benzene rings is 1. The molecule has 0 aliphatic carbocycles. The second-order valence-corrected chi connectivity index (χ2v) is 4.44. The Kier molecular flexibility index (Phi) is 5.79. The van der Waals surface area contributed by atoms with Crippen molar-refractivity contribution >= 4 is 18.0 Å². The Labute approximate surface area is 113 Å². The van der Waals surface area contributed by atoms with E-state index in [4.69, 9.17) is 5.11 Å². The molecule has 0 fully saturated rings. The van der Waals surface area contributed by atoms with E-state index in [-0.39, 0.29) is 11.8 Å². The molecule has 1 amide bonds. The van der Waals surface area contributed by atoms with Crippen LogP contribution in [0.5, 0.6) is 0 Å². The topological polar surface area (TPSA) is 66.4 Å². The fourth-order valence-corrected chi connectivity index (χ4v) is 1.52. The van der Waals surface area contributed by atoms with E-state index in [9.17, 15) is 9.59 Å². The van der Waals surface area contributed by atoms with Crippen molar-refractivity contribution < 1.29 is 14.7 Å². The first-order valence-corrected chi connectivity index (χ1v) is 6.30. The second kappa shape index (κ2) is 7.36. The molecular formula is C15H19NO3. The van der Waals surface area contributed by atoms with Crippen molar-refractivity contribution in [3.05, 3.63) is 41.5 Å². The monoisotopic (exact) mass is 261 g/mol. The number of carbonyl (C=O) groups is 2. The highest BCUT2D eigenvalue weighted by atomic mass is 16.4. The molecule has 2 N–H and O–H groups in total. The minimum Gasteiger partial charge on any atom is -0.478 e. The third-order valence-electron chi connectivity index (χ3n) is 2.90. The summed E-state index contributed by atoms with van der Waals surface area (Å²) in [5.74, 6) is -0.931. The van der Waals surface area contributed by atoms with Gasteiger partial charge in [-0.1, -0.05) is 32.0 Å². The maximum atomic E-state index is 11.6. The maximum Gasteiger partial charge on any atom is 0.328 e. The molecule has 0 saturated carbocycles. The summed E-state index contributed by atoms with van der Waals surface area (Å²) in [5, 5.41) is 11.4. The van der Waals surface area contributed by atoms with Gasteiger partial charge in [0.05, 0.1) is 0 Å². The predicted molar refractivity (Wildman–Crippen MR) is 74.4 cm³/mol. The molecule has 1 atom stereocenters. The van der Waals surface area contributed by atoms with Crippen LogP contribution in [0.2, 0.25) is 0 Å². The minimum atomic E-state index is -0.976. The van der Waals surface area contributed by atoms with Crippen molar-refractivity contribution in [2.24, 2.45) is 5.92 Å². The Hall–Kier alpha value is -2.10. The van der Waals surface area contributed by atoms with Crippen LogP contribution < -0.4 is 5.32 Å². The standard InChI is InChI=1S/C15H19NO3/c1-3-11(2)15(19)16-10-13-6-4-5-12(9-13)7-8-14(17)18/h4-9,11H,3,10H2,1-2H3,(H,16,19)(H,17,18). The molecule has 1 aromatic carbocycles. The summed E-state index contributed by atoms with van der Waals surface area (Å²) < 4.78 is 0. The quantitative estimate of drug-likeness (QED) is 0.773. The number of carboxylic acid groups (broad SMARTS) is 1. The molecule has 4 heteroatoms. The van der Waals surface area contributed by atoms with Gasteiger partial charge in [-0.05, 0) is 29.7 Å². The Morgan fingerprint density at radius 1 is 1.42 bits per heavy atom. The summed E-state index contributed by atoms with van der Waals surface area (Å²) in [4.78, 5) is 22.1. The fourth-order valence-electron chi connectivity index (χ4n) is 1.52. The predicted octanol–water partition coefficient (Wildman–Crippen LogP) is 2.45.